The molecule has 5 nitrogen and oxygen atoms in total. The van der Waals surface area contributed by atoms with Gasteiger partial charge < -0.3 is 5.32 Å². The summed E-state index contributed by atoms with van der Waals surface area (Å²) in [6.45, 7) is 8.41. The van der Waals surface area contributed by atoms with Crippen LogP contribution in [-0.4, -0.2) is 31.2 Å². The maximum atomic E-state index is 12.1. The van der Waals surface area contributed by atoms with Crippen LogP contribution in [0.5, 0.6) is 0 Å². The molecule has 1 rings (SSSR count). The molecule has 0 bridgehead atoms. The summed E-state index contributed by atoms with van der Waals surface area (Å²) in [4.78, 5) is 4.24. The molecule has 0 aliphatic rings. The van der Waals surface area contributed by atoms with Gasteiger partial charge in [0, 0.05) is 18.8 Å². The number of nitrogens with one attached hydrogen (secondary N) is 2. The molecule has 2 N–H and O–H groups in total. The lowest BCUT2D eigenvalue weighted by Crippen LogP contribution is -2.40. The Hall–Kier alpha value is -0.980. The standard InChI is InChI=1S/C14H25N3O2S/c1-5-13-7-6-8-15-14(13)10-17-20(18,19)12(4)9-16-11(2)3/h6-8,11-12,16-17H,5,9-10H2,1-4H3. The van der Waals surface area contributed by atoms with E-state index in [9.17, 15) is 8.42 Å². The average Bonchev–Trinajstić information content (AvgIpc) is 2.42. The molecule has 1 aromatic heterocycles. The molecule has 0 amide bonds. The molecular formula is C14H25N3O2S. The van der Waals surface area contributed by atoms with Crippen molar-refractivity contribution in [2.24, 2.45) is 0 Å². The predicted molar refractivity (Wildman–Crippen MR) is 82.0 cm³/mol. The average molecular weight is 299 g/mol. The minimum atomic E-state index is -3.33. The van der Waals surface area contributed by atoms with E-state index in [1.54, 1.807) is 13.1 Å². The lowest BCUT2D eigenvalue weighted by Gasteiger charge is -2.16. The van der Waals surface area contributed by atoms with Gasteiger partial charge in [-0.25, -0.2) is 13.1 Å². The molecule has 20 heavy (non-hydrogen) atoms. The SMILES string of the molecule is CCc1cccnc1CNS(=O)(=O)C(C)CNC(C)C. The van der Waals surface area contributed by atoms with Gasteiger partial charge in [-0.2, -0.15) is 0 Å². The molecule has 1 atom stereocenters. The summed E-state index contributed by atoms with van der Waals surface area (Å²) in [5, 5.41) is 2.66. The first-order valence-electron chi connectivity index (χ1n) is 7.01. The Labute approximate surface area is 122 Å². The summed E-state index contributed by atoms with van der Waals surface area (Å²) < 4.78 is 26.9. The quantitative estimate of drug-likeness (QED) is 0.762. The Balaban J connectivity index is 2.63. The van der Waals surface area contributed by atoms with Crippen LogP contribution in [0.3, 0.4) is 0 Å². The van der Waals surface area contributed by atoms with Crippen LogP contribution < -0.4 is 10.0 Å². The van der Waals surface area contributed by atoms with Crippen molar-refractivity contribution >= 4 is 10.0 Å². The van der Waals surface area contributed by atoms with Gasteiger partial charge in [-0.3, -0.25) is 4.98 Å². The van der Waals surface area contributed by atoms with Gasteiger partial charge >= 0.3 is 0 Å². The summed E-state index contributed by atoms with van der Waals surface area (Å²) in [7, 11) is -3.33. The van der Waals surface area contributed by atoms with Gasteiger partial charge in [-0.15, -0.1) is 0 Å². The van der Waals surface area contributed by atoms with Crippen LogP contribution in [0, 0.1) is 0 Å². The molecule has 1 aromatic rings. The van der Waals surface area contributed by atoms with E-state index in [1.807, 2.05) is 32.9 Å². The van der Waals surface area contributed by atoms with E-state index in [-0.39, 0.29) is 12.6 Å². The number of sulfonamides is 1. The third kappa shape index (κ3) is 5.19. The van der Waals surface area contributed by atoms with Crippen molar-refractivity contribution in [2.45, 2.75) is 52.0 Å². The Morgan fingerprint density at radius 2 is 2.00 bits per heavy atom. The van der Waals surface area contributed by atoms with Gasteiger partial charge in [0.2, 0.25) is 10.0 Å². The Morgan fingerprint density at radius 3 is 2.60 bits per heavy atom. The predicted octanol–water partition coefficient (Wildman–Crippen LogP) is 1.45. The van der Waals surface area contributed by atoms with Crippen LogP contribution in [0.15, 0.2) is 18.3 Å². The van der Waals surface area contributed by atoms with Crippen molar-refractivity contribution in [2.75, 3.05) is 6.54 Å². The molecule has 0 spiro atoms. The van der Waals surface area contributed by atoms with Crippen LogP contribution in [0.4, 0.5) is 0 Å². The first-order chi connectivity index (χ1) is 9.36. The van der Waals surface area contributed by atoms with E-state index in [2.05, 4.69) is 15.0 Å². The van der Waals surface area contributed by atoms with Gasteiger partial charge in [-0.1, -0.05) is 26.8 Å². The third-order valence-electron chi connectivity index (χ3n) is 3.15. The third-order valence-corrected chi connectivity index (χ3v) is 4.92. The molecule has 0 fully saturated rings. The number of rotatable bonds is 8. The number of hydrogen-bond acceptors (Lipinski definition) is 4. The van der Waals surface area contributed by atoms with Gasteiger partial charge in [0.25, 0.3) is 0 Å². The zero-order valence-corrected chi connectivity index (χ0v) is 13.5. The molecule has 0 aliphatic heterocycles. The van der Waals surface area contributed by atoms with Gasteiger partial charge in [-0.05, 0) is 25.0 Å². The molecule has 114 valence electrons. The highest BCUT2D eigenvalue weighted by Gasteiger charge is 2.20. The molecule has 6 heteroatoms. The van der Waals surface area contributed by atoms with Gasteiger partial charge in [0.05, 0.1) is 17.5 Å². The molecule has 0 radical (unpaired) electrons. The minimum Gasteiger partial charge on any atom is -0.313 e. The normalized spacial score (nSPS) is 13.7. The van der Waals surface area contributed by atoms with E-state index >= 15 is 0 Å². The Morgan fingerprint density at radius 1 is 1.30 bits per heavy atom. The molecule has 1 heterocycles. The van der Waals surface area contributed by atoms with Crippen LogP contribution in [0.25, 0.3) is 0 Å². The van der Waals surface area contributed by atoms with Crippen molar-refractivity contribution < 1.29 is 8.42 Å². The number of pyridine rings is 1. The highest BCUT2D eigenvalue weighted by Crippen LogP contribution is 2.07. The smallest absolute Gasteiger partial charge is 0.215 e. The Kier molecular flexibility index (Phi) is 6.58. The van der Waals surface area contributed by atoms with Crippen molar-refractivity contribution in [1.29, 1.82) is 0 Å². The van der Waals surface area contributed by atoms with Crippen molar-refractivity contribution in [3.63, 3.8) is 0 Å². The molecule has 0 aliphatic carbocycles. The van der Waals surface area contributed by atoms with Gasteiger partial charge in [0.1, 0.15) is 0 Å². The van der Waals surface area contributed by atoms with Crippen LogP contribution in [0.2, 0.25) is 0 Å². The summed E-state index contributed by atoms with van der Waals surface area (Å²) in [6, 6.07) is 4.11. The fourth-order valence-corrected chi connectivity index (χ4v) is 2.71. The molecule has 1 unspecified atom stereocenters. The summed E-state index contributed by atoms with van der Waals surface area (Å²) >= 11 is 0. The monoisotopic (exact) mass is 299 g/mol. The maximum absolute atomic E-state index is 12.1. The first-order valence-corrected chi connectivity index (χ1v) is 8.56. The summed E-state index contributed by atoms with van der Waals surface area (Å²) in [6.07, 6.45) is 2.53. The van der Waals surface area contributed by atoms with E-state index < -0.39 is 15.3 Å². The highest BCUT2D eigenvalue weighted by atomic mass is 32.2. The van der Waals surface area contributed by atoms with Crippen LogP contribution in [0.1, 0.15) is 39.0 Å². The zero-order valence-electron chi connectivity index (χ0n) is 12.7. The Bertz CT molecular complexity index is 515. The van der Waals surface area contributed by atoms with Crippen molar-refractivity contribution in [1.82, 2.24) is 15.0 Å². The summed E-state index contributed by atoms with van der Waals surface area (Å²) in [5.41, 5.74) is 1.87. The lowest BCUT2D eigenvalue weighted by molar-refractivity contribution is 0.540. The molecule has 0 aromatic carbocycles. The summed E-state index contributed by atoms with van der Waals surface area (Å²) in [5.74, 6) is 0. The van der Waals surface area contributed by atoms with E-state index in [1.165, 1.54) is 0 Å². The number of hydrogen-bond donors (Lipinski definition) is 2. The minimum absolute atomic E-state index is 0.248. The molecule has 0 saturated heterocycles. The highest BCUT2D eigenvalue weighted by molar-refractivity contribution is 7.90. The number of aryl methyl sites for hydroxylation is 1. The topological polar surface area (TPSA) is 71.1 Å². The number of aromatic nitrogens is 1. The molecular weight excluding hydrogens is 274 g/mol. The van der Waals surface area contributed by atoms with Crippen molar-refractivity contribution in [3.05, 3.63) is 29.6 Å². The lowest BCUT2D eigenvalue weighted by atomic mass is 10.1. The van der Waals surface area contributed by atoms with Crippen molar-refractivity contribution in [3.8, 4) is 0 Å². The molecule has 0 saturated carbocycles. The van der Waals surface area contributed by atoms with Crippen LogP contribution in [-0.2, 0) is 23.0 Å². The van der Waals surface area contributed by atoms with E-state index in [4.69, 9.17) is 0 Å². The largest absolute Gasteiger partial charge is 0.313 e. The first kappa shape index (κ1) is 17.1. The fraction of sp³-hybridized carbons (Fsp3) is 0.643. The van der Waals surface area contributed by atoms with Crippen LogP contribution >= 0.6 is 0 Å². The second-order valence-electron chi connectivity index (χ2n) is 5.20. The van der Waals surface area contributed by atoms with E-state index in [0.717, 1.165) is 17.7 Å². The fourth-order valence-electron chi connectivity index (χ4n) is 1.77. The zero-order chi connectivity index (χ0) is 15.2. The second-order valence-corrected chi connectivity index (χ2v) is 7.39. The van der Waals surface area contributed by atoms with E-state index in [0.29, 0.717) is 6.54 Å². The number of nitrogens with zero attached hydrogens (tertiary/aromatic N) is 1. The maximum Gasteiger partial charge on any atom is 0.215 e. The van der Waals surface area contributed by atoms with Gasteiger partial charge in [0.15, 0.2) is 0 Å². The second kappa shape index (κ2) is 7.71.